The molecule has 0 fully saturated rings. The van der Waals surface area contributed by atoms with E-state index < -0.39 is 12.1 Å². The fraction of sp³-hybridized carbons (Fsp3) is 0.881. The highest BCUT2D eigenvalue weighted by Crippen LogP contribution is 2.18. The summed E-state index contributed by atoms with van der Waals surface area (Å²) < 4.78 is 5.39. The summed E-state index contributed by atoms with van der Waals surface area (Å²) in [5.41, 5.74) is 0. The number of nitrogens with one attached hydrogen (secondary N) is 1. The lowest BCUT2D eigenvalue weighted by atomic mass is 10.0. The van der Waals surface area contributed by atoms with Crippen LogP contribution in [-0.2, 0) is 14.3 Å². The molecule has 0 radical (unpaired) electrons. The summed E-state index contributed by atoms with van der Waals surface area (Å²) in [6.07, 6.45) is 79.0. The van der Waals surface area contributed by atoms with Crippen LogP contribution in [0.15, 0.2) is 36.5 Å². The van der Waals surface area contributed by atoms with Crippen molar-refractivity contribution in [3.63, 3.8) is 0 Å². The molecule has 0 aliphatic carbocycles. The third-order valence-electron chi connectivity index (χ3n) is 15.2. The molecule has 0 aliphatic rings. The molecule has 0 aromatic heterocycles. The SMILES string of the molecule is CCCC/C=C\CCCCCCCC(=O)OCC/C=C\C/C=C\CCCCCCCCCCCCCCCCC(=O)NC(CO)C(O)CCCCCCCCCCCCCCCCCCCCCCCCCC. The summed E-state index contributed by atoms with van der Waals surface area (Å²) in [6, 6.07) is -0.547. The van der Waals surface area contributed by atoms with Gasteiger partial charge in [0.2, 0.25) is 5.91 Å². The Balaban J connectivity index is 3.45. The zero-order chi connectivity index (χ0) is 52.9. The van der Waals surface area contributed by atoms with Gasteiger partial charge in [0, 0.05) is 12.8 Å². The first-order valence-electron chi connectivity index (χ1n) is 32.7. The molecule has 0 saturated heterocycles. The van der Waals surface area contributed by atoms with Crippen molar-refractivity contribution in [3.8, 4) is 0 Å². The Morgan fingerprint density at radius 2 is 0.699 bits per heavy atom. The normalized spacial score (nSPS) is 12.8. The second kappa shape index (κ2) is 62.6. The van der Waals surface area contributed by atoms with E-state index in [1.807, 2.05) is 0 Å². The highest BCUT2D eigenvalue weighted by Gasteiger charge is 2.20. The molecule has 0 spiro atoms. The van der Waals surface area contributed by atoms with Crippen molar-refractivity contribution < 1.29 is 24.5 Å². The molecule has 0 aliphatic heterocycles. The molecule has 73 heavy (non-hydrogen) atoms. The number of ether oxygens (including phenoxy) is 1. The quantitative estimate of drug-likeness (QED) is 0.0320. The van der Waals surface area contributed by atoms with Crippen LogP contribution < -0.4 is 5.32 Å². The zero-order valence-electron chi connectivity index (χ0n) is 49.1. The first kappa shape index (κ1) is 71.1. The lowest BCUT2D eigenvalue weighted by molar-refractivity contribution is -0.143. The Morgan fingerprint density at radius 1 is 0.384 bits per heavy atom. The van der Waals surface area contributed by atoms with Gasteiger partial charge in [-0.2, -0.15) is 0 Å². The second-order valence-corrected chi connectivity index (χ2v) is 22.4. The average molecular weight is 1030 g/mol. The molecular formula is C67H127NO5. The molecule has 0 rings (SSSR count). The van der Waals surface area contributed by atoms with Gasteiger partial charge in [-0.15, -0.1) is 0 Å². The maximum absolute atomic E-state index is 12.5. The van der Waals surface area contributed by atoms with Crippen molar-refractivity contribution in [3.05, 3.63) is 36.5 Å². The van der Waals surface area contributed by atoms with Gasteiger partial charge in [0.1, 0.15) is 0 Å². The minimum Gasteiger partial charge on any atom is -0.465 e. The number of hydrogen-bond acceptors (Lipinski definition) is 5. The van der Waals surface area contributed by atoms with E-state index in [1.54, 1.807) is 0 Å². The Hall–Kier alpha value is -1.92. The third kappa shape index (κ3) is 59.2. The number of allylic oxidation sites excluding steroid dienone is 5. The number of amides is 1. The summed E-state index contributed by atoms with van der Waals surface area (Å²) in [4.78, 5) is 24.5. The van der Waals surface area contributed by atoms with Crippen LogP contribution in [0.1, 0.15) is 354 Å². The molecule has 0 aromatic rings. The number of esters is 1. The van der Waals surface area contributed by atoms with Crippen LogP contribution in [0.3, 0.4) is 0 Å². The maximum Gasteiger partial charge on any atom is 0.305 e. The lowest BCUT2D eigenvalue weighted by Crippen LogP contribution is -2.45. The average Bonchev–Trinajstić information content (AvgIpc) is 3.39. The van der Waals surface area contributed by atoms with Crippen molar-refractivity contribution >= 4 is 11.9 Å². The highest BCUT2D eigenvalue weighted by molar-refractivity contribution is 5.76. The van der Waals surface area contributed by atoms with Crippen LogP contribution in [0.5, 0.6) is 0 Å². The van der Waals surface area contributed by atoms with Crippen LogP contribution in [0.25, 0.3) is 0 Å². The van der Waals surface area contributed by atoms with Gasteiger partial charge in [-0.05, 0) is 64.2 Å². The van der Waals surface area contributed by atoms with Gasteiger partial charge >= 0.3 is 5.97 Å². The Labute approximate surface area is 455 Å². The smallest absolute Gasteiger partial charge is 0.305 e. The van der Waals surface area contributed by atoms with Gasteiger partial charge in [-0.25, -0.2) is 0 Å². The van der Waals surface area contributed by atoms with Gasteiger partial charge < -0.3 is 20.3 Å². The summed E-state index contributed by atoms with van der Waals surface area (Å²) >= 11 is 0. The highest BCUT2D eigenvalue weighted by atomic mass is 16.5. The number of aliphatic hydroxyl groups excluding tert-OH is 2. The predicted molar refractivity (Wildman–Crippen MR) is 319 cm³/mol. The molecule has 6 nitrogen and oxygen atoms in total. The molecule has 6 heteroatoms. The van der Waals surface area contributed by atoms with Crippen LogP contribution in [0.2, 0.25) is 0 Å². The number of unbranched alkanes of at least 4 members (excludes halogenated alkanes) is 44. The summed E-state index contributed by atoms with van der Waals surface area (Å²) in [7, 11) is 0. The van der Waals surface area contributed by atoms with Crippen LogP contribution in [-0.4, -0.2) is 47.4 Å². The Bertz CT molecular complexity index is 1180. The number of rotatable bonds is 61. The van der Waals surface area contributed by atoms with Gasteiger partial charge in [0.05, 0.1) is 25.4 Å². The van der Waals surface area contributed by atoms with Crippen molar-refractivity contribution in [2.24, 2.45) is 0 Å². The van der Waals surface area contributed by atoms with Gasteiger partial charge in [-0.3, -0.25) is 9.59 Å². The molecular weight excluding hydrogens is 899 g/mol. The van der Waals surface area contributed by atoms with E-state index in [2.05, 4.69) is 55.6 Å². The van der Waals surface area contributed by atoms with E-state index in [0.29, 0.717) is 25.9 Å². The largest absolute Gasteiger partial charge is 0.465 e. The van der Waals surface area contributed by atoms with Crippen molar-refractivity contribution in [2.45, 2.75) is 366 Å². The van der Waals surface area contributed by atoms with Gasteiger partial charge in [0.15, 0.2) is 0 Å². The molecule has 2 unspecified atom stereocenters. The standard InChI is InChI=1S/C67H127NO5/c1-3-5-7-9-11-13-15-16-17-18-19-20-21-22-24-27-30-33-36-40-43-47-51-55-59-65(70)64(63-69)68-66(71)60-56-52-48-44-41-37-34-31-28-25-23-26-29-32-35-38-42-46-50-54-58-62-73-67(72)61-57-53-49-45-39-14-12-10-8-6-4-2/h10,12,38,42,50,54,64-65,69-70H,3-9,11,13-37,39-41,43-49,51-53,55-63H2,1-2H3,(H,68,71)/b12-10-,42-38-,54-50-. The van der Waals surface area contributed by atoms with E-state index in [-0.39, 0.29) is 18.5 Å². The molecule has 2 atom stereocenters. The topological polar surface area (TPSA) is 95.9 Å². The molecule has 0 aromatic carbocycles. The van der Waals surface area contributed by atoms with Gasteiger partial charge in [0.25, 0.3) is 0 Å². The summed E-state index contributed by atoms with van der Waals surface area (Å²) in [5.74, 6) is -0.0822. The third-order valence-corrected chi connectivity index (χ3v) is 15.2. The zero-order valence-corrected chi connectivity index (χ0v) is 49.1. The van der Waals surface area contributed by atoms with Crippen molar-refractivity contribution in [1.29, 1.82) is 0 Å². The van der Waals surface area contributed by atoms with Crippen molar-refractivity contribution in [1.82, 2.24) is 5.32 Å². The second-order valence-electron chi connectivity index (χ2n) is 22.4. The fourth-order valence-electron chi connectivity index (χ4n) is 10.2. The minimum absolute atomic E-state index is 0.0363. The van der Waals surface area contributed by atoms with E-state index in [1.165, 1.54) is 270 Å². The Morgan fingerprint density at radius 3 is 1.10 bits per heavy atom. The summed E-state index contributed by atoms with van der Waals surface area (Å²) in [5, 5.41) is 23.4. The molecule has 430 valence electrons. The first-order valence-corrected chi connectivity index (χ1v) is 32.7. The molecule has 3 N–H and O–H groups in total. The maximum atomic E-state index is 12.5. The van der Waals surface area contributed by atoms with E-state index in [9.17, 15) is 19.8 Å². The van der Waals surface area contributed by atoms with E-state index in [0.717, 1.165) is 51.4 Å². The van der Waals surface area contributed by atoms with Crippen LogP contribution >= 0.6 is 0 Å². The molecule has 1 amide bonds. The van der Waals surface area contributed by atoms with E-state index in [4.69, 9.17) is 4.74 Å². The molecule has 0 heterocycles. The number of carbonyl (C=O) groups is 2. The van der Waals surface area contributed by atoms with E-state index >= 15 is 0 Å². The number of hydrogen-bond donors (Lipinski definition) is 3. The van der Waals surface area contributed by atoms with Crippen molar-refractivity contribution in [2.75, 3.05) is 13.2 Å². The number of aliphatic hydroxyl groups is 2. The van der Waals surface area contributed by atoms with Gasteiger partial charge in [-0.1, -0.05) is 314 Å². The molecule has 0 bridgehead atoms. The minimum atomic E-state index is -0.670. The first-order chi connectivity index (χ1) is 36.0. The lowest BCUT2D eigenvalue weighted by Gasteiger charge is -2.22. The Kier molecular flexibility index (Phi) is 61.0. The van der Waals surface area contributed by atoms with Crippen LogP contribution in [0.4, 0.5) is 0 Å². The predicted octanol–water partition coefficient (Wildman–Crippen LogP) is 20.8. The fourth-order valence-corrected chi connectivity index (χ4v) is 10.2. The van der Waals surface area contributed by atoms with Crippen LogP contribution in [0, 0.1) is 0 Å². The molecule has 0 saturated carbocycles. The number of carbonyl (C=O) groups excluding carboxylic acids is 2. The summed E-state index contributed by atoms with van der Waals surface area (Å²) in [6.45, 7) is 4.83. The monoisotopic (exact) mass is 1030 g/mol.